The largest absolute Gasteiger partial charge is 0.284 e. The van der Waals surface area contributed by atoms with Crippen LogP contribution < -0.4 is 0 Å². The maximum Gasteiger partial charge on any atom is 0.123 e. The molecule has 1 heterocycles. The van der Waals surface area contributed by atoms with Gasteiger partial charge in [-0.2, -0.15) is 5.26 Å². The lowest BCUT2D eigenvalue weighted by atomic mass is 9.96. The molecule has 1 fully saturated rings. The number of hydrogen-bond donors (Lipinski definition) is 0. The Kier molecular flexibility index (Phi) is 4.04. The van der Waals surface area contributed by atoms with Gasteiger partial charge in [0, 0.05) is 5.02 Å². The molecule has 17 heavy (non-hydrogen) atoms. The Balaban J connectivity index is 2.11. The average molecular weight is 249 g/mol. The van der Waals surface area contributed by atoms with Crippen LogP contribution in [0.4, 0.5) is 0 Å². The maximum atomic E-state index is 9.34. The first kappa shape index (κ1) is 12.4. The Hall–Kier alpha value is -1.04. The molecule has 0 N–H and O–H groups in total. The summed E-state index contributed by atoms with van der Waals surface area (Å²) in [6, 6.07) is 9.90. The lowest BCUT2D eigenvalue weighted by molar-refractivity contribution is 0.165. The van der Waals surface area contributed by atoms with Crippen LogP contribution in [0.25, 0.3) is 0 Å². The fourth-order valence-corrected chi connectivity index (χ4v) is 2.42. The molecule has 0 bridgehead atoms. The second-order valence-electron chi connectivity index (χ2n) is 4.80. The van der Waals surface area contributed by atoms with Gasteiger partial charge >= 0.3 is 0 Å². The summed E-state index contributed by atoms with van der Waals surface area (Å²) in [5, 5.41) is 10.1. The van der Waals surface area contributed by atoms with E-state index in [1.54, 1.807) is 0 Å². The van der Waals surface area contributed by atoms with Crippen LogP contribution in [-0.2, 0) is 0 Å². The molecule has 0 aliphatic carbocycles. The molecule has 0 aromatic heterocycles. The second kappa shape index (κ2) is 5.53. The van der Waals surface area contributed by atoms with Crippen LogP contribution in [0.2, 0.25) is 5.02 Å². The van der Waals surface area contributed by atoms with E-state index in [9.17, 15) is 5.26 Å². The van der Waals surface area contributed by atoms with Crippen molar-refractivity contribution in [3.63, 3.8) is 0 Å². The molecule has 2 nitrogen and oxygen atoms in total. The third-order valence-electron chi connectivity index (χ3n) is 3.49. The summed E-state index contributed by atoms with van der Waals surface area (Å²) in [4.78, 5) is 2.27. The summed E-state index contributed by atoms with van der Waals surface area (Å²) < 4.78 is 0. The summed E-state index contributed by atoms with van der Waals surface area (Å²) in [6.07, 6.45) is 2.37. The zero-order valence-electron chi connectivity index (χ0n) is 10.1. The van der Waals surface area contributed by atoms with E-state index in [-0.39, 0.29) is 6.04 Å². The van der Waals surface area contributed by atoms with Gasteiger partial charge in [-0.1, -0.05) is 30.7 Å². The van der Waals surface area contributed by atoms with Crippen molar-refractivity contribution in [3.05, 3.63) is 34.9 Å². The van der Waals surface area contributed by atoms with E-state index in [2.05, 4.69) is 17.9 Å². The maximum absolute atomic E-state index is 9.34. The highest BCUT2D eigenvalue weighted by atomic mass is 35.5. The Bertz CT molecular complexity index is 399. The van der Waals surface area contributed by atoms with Gasteiger partial charge in [-0.05, 0) is 49.5 Å². The van der Waals surface area contributed by atoms with E-state index in [1.165, 1.54) is 12.8 Å². The zero-order chi connectivity index (χ0) is 12.3. The van der Waals surface area contributed by atoms with E-state index in [1.807, 2.05) is 24.3 Å². The van der Waals surface area contributed by atoms with Gasteiger partial charge in [0.25, 0.3) is 0 Å². The normalized spacial score (nSPS) is 19.8. The van der Waals surface area contributed by atoms with E-state index < -0.39 is 0 Å². The average Bonchev–Trinajstić information content (AvgIpc) is 2.35. The first-order valence-electron chi connectivity index (χ1n) is 6.10. The van der Waals surface area contributed by atoms with Gasteiger partial charge in [0.2, 0.25) is 0 Å². The van der Waals surface area contributed by atoms with Crippen molar-refractivity contribution in [2.75, 3.05) is 13.1 Å². The van der Waals surface area contributed by atoms with Gasteiger partial charge in [-0.3, -0.25) is 4.90 Å². The molecule has 1 saturated heterocycles. The SMILES string of the molecule is CC1CCN([C@H](C#N)c2ccc(Cl)cc2)CC1. The Morgan fingerprint density at radius 3 is 2.41 bits per heavy atom. The molecule has 0 unspecified atom stereocenters. The van der Waals surface area contributed by atoms with Crippen molar-refractivity contribution in [2.24, 2.45) is 5.92 Å². The van der Waals surface area contributed by atoms with Crippen molar-refractivity contribution >= 4 is 11.6 Å². The number of hydrogen-bond acceptors (Lipinski definition) is 2. The van der Waals surface area contributed by atoms with Crippen LogP contribution >= 0.6 is 11.6 Å². The van der Waals surface area contributed by atoms with Gasteiger partial charge < -0.3 is 0 Å². The fourth-order valence-electron chi connectivity index (χ4n) is 2.30. The Morgan fingerprint density at radius 1 is 1.29 bits per heavy atom. The van der Waals surface area contributed by atoms with E-state index in [0.29, 0.717) is 0 Å². The van der Waals surface area contributed by atoms with E-state index >= 15 is 0 Å². The molecule has 1 aliphatic heterocycles. The minimum atomic E-state index is -0.125. The van der Waals surface area contributed by atoms with Gasteiger partial charge in [0.1, 0.15) is 6.04 Å². The third-order valence-corrected chi connectivity index (χ3v) is 3.74. The second-order valence-corrected chi connectivity index (χ2v) is 5.24. The molecule has 0 saturated carbocycles. The molecule has 90 valence electrons. The third kappa shape index (κ3) is 3.00. The molecule has 0 spiro atoms. The smallest absolute Gasteiger partial charge is 0.123 e. The topological polar surface area (TPSA) is 27.0 Å². The van der Waals surface area contributed by atoms with Crippen LogP contribution in [0, 0.1) is 17.2 Å². The molecule has 3 heteroatoms. The number of benzene rings is 1. The van der Waals surface area contributed by atoms with Gasteiger partial charge in [0.05, 0.1) is 6.07 Å². The van der Waals surface area contributed by atoms with Gasteiger partial charge in [0.15, 0.2) is 0 Å². The summed E-state index contributed by atoms with van der Waals surface area (Å²) >= 11 is 5.87. The summed E-state index contributed by atoms with van der Waals surface area (Å²) in [5.74, 6) is 0.788. The minimum absolute atomic E-state index is 0.125. The number of piperidine rings is 1. The number of likely N-dealkylation sites (tertiary alicyclic amines) is 1. The predicted octanol–water partition coefficient (Wildman–Crippen LogP) is 3.64. The first-order valence-corrected chi connectivity index (χ1v) is 6.47. The van der Waals surface area contributed by atoms with Crippen LogP contribution in [0.15, 0.2) is 24.3 Å². The molecule has 1 atom stereocenters. The zero-order valence-corrected chi connectivity index (χ0v) is 10.8. The number of halogens is 1. The van der Waals surface area contributed by atoms with Crippen molar-refractivity contribution in [2.45, 2.75) is 25.8 Å². The number of nitrogens with zero attached hydrogens (tertiary/aromatic N) is 2. The highest BCUT2D eigenvalue weighted by Gasteiger charge is 2.24. The molecule has 0 amide bonds. The van der Waals surface area contributed by atoms with Crippen molar-refractivity contribution in [3.8, 4) is 6.07 Å². The lowest BCUT2D eigenvalue weighted by Crippen LogP contribution is -2.35. The highest BCUT2D eigenvalue weighted by molar-refractivity contribution is 6.30. The molecule has 1 aromatic rings. The Morgan fingerprint density at radius 2 is 1.88 bits per heavy atom. The molecule has 0 radical (unpaired) electrons. The molecular weight excluding hydrogens is 232 g/mol. The quantitative estimate of drug-likeness (QED) is 0.799. The van der Waals surface area contributed by atoms with Crippen molar-refractivity contribution < 1.29 is 0 Å². The summed E-state index contributed by atoms with van der Waals surface area (Å²) in [6.45, 7) is 4.31. The number of rotatable bonds is 2. The van der Waals surface area contributed by atoms with Crippen LogP contribution in [0.3, 0.4) is 0 Å². The minimum Gasteiger partial charge on any atom is -0.284 e. The highest BCUT2D eigenvalue weighted by Crippen LogP contribution is 2.26. The van der Waals surface area contributed by atoms with E-state index in [0.717, 1.165) is 29.6 Å². The number of nitriles is 1. The monoisotopic (exact) mass is 248 g/mol. The van der Waals surface area contributed by atoms with E-state index in [4.69, 9.17) is 11.6 Å². The van der Waals surface area contributed by atoms with Crippen LogP contribution in [0.1, 0.15) is 31.4 Å². The van der Waals surface area contributed by atoms with Crippen LogP contribution in [-0.4, -0.2) is 18.0 Å². The molecular formula is C14H17ClN2. The molecule has 1 aromatic carbocycles. The Labute approximate surface area is 108 Å². The van der Waals surface area contributed by atoms with Crippen molar-refractivity contribution in [1.82, 2.24) is 4.90 Å². The first-order chi connectivity index (χ1) is 8.20. The predicted molar refractivity (Wildman–Crippen MR) is 69.8 cm³/mol. The molecule has 1 aliphatic rings. The fraction of sp³-hybridized carbons (Fsp3) is 0.500. The lowest BCUT2D eigenvalue weighted by Gasteiger charge is -2.33. The van der Waals surface area contributed by atoms with Crippen molar-refractivity contribution in [1.29, 1.82) is 5.26 Å². The van der Waals surface area contributed by atoms with Crippen LogP contribution in [0.5, 0.6) is 0 Å². The van der Waals surface area contributed by atoms with Gasteiger partial charge in [-0.25, -0.2) is 0 Å². The molecule has 2 rings (SSSR count). The van der Waals surface area contributed by atoms with Gasteiger partial charge in [-0.15, -0.1) is 0 Å². The summed E-state index contributed by atoms with van der Waals surface area (Å²) in [5.41, 5.74) is 1.05. The standard InChI is InChI=1S/C14H17ClN2/c1-11-6-8-17(9-7-11)14(10-16)12-2-4-13(15)5-3-12/h2-5,11,14H,6-9H2,1H3/t14-/m1/s1. The summed E-state index contributed by atoms with van der Waals surface area (Å²) in [7, 11) is 0.